The summed E-state index contributed by atoms with van der Waals surface area (Å²) in [5, 5.41) is 8.85. The number of nitrogens with zero attached hydrogens (tertiary/aromatic N) is 1. The van der Waals surface area contributed by atoms with Gasteiger partial charge in [-0.1, -0.05) is 13.3 Å². The number of hydrogen-bond acceptors (Lipinski definition) is 2. The van der Waals surface area contributed by atoms with E-state index >= 15 is 0 Å². The maximum Gasteiger partial charge on any atom is 0.333 e. The van der Waals surface area contributed by atoms with Gasteiger partial charge in [-0.25, -0.2) is 4.79 Å². The van der Waals surface area contributed by atoms with Crippen LogP contribution in [-0.2, 0) is 4.79 Å². The molecule has 0 bridgehead atoms. The third kappa shape index (κ3) is 4.55. The molecule has 3 heteroatoms. The molecule has 0 aromatic heterocycles. The lowest BCUT2D eigenvalue weighted by molar-refractivity contribution is -0.132. The van der Waals surface area contributed by atoms with Crippen molar-refractivity contribution in [1.29, 1.82) is 0 Å². The minimum Gasteiger partial charge on any atom is -0.478 e. The quantitative estimate of drug-likeness (QED) is 0.644. The zero-order valence-corrected chi connectivity index (χ0v) is 8.71. The molecule has 0 amide bonds. The summed E-state index contributed by atoms with van der Waals surface area (Å²) in [4.78, 5) is 12.8. The Morgan fingerprint density at radius 1 is 1.31 bits per heavy atom. The number of aliphatic carboxylic acids is 1. The van der Waals surface area contributed by atoms with Gasteiger partial charge in [0, 0.05) is 19.3 Å². The van der Waals surface area contributed by atoms with Gasteiger partial charge in [-0.2, -0.15) is 0 Å². The lowest BCUT2D eigenvalue weighted by atomic mass is 10.1. The first kappa shape index (κ1) is 12.0. The number of carboxylic acids is 1. The van der Waals surface area contributed by atoms with Crippen LogP contribution in [0.5, 0.6) is 0 Å². The van der Waals surface area contributed by atoms with Crippen molar-refractivity contribution in [1.82, 2.24) is 4.90 Å². The van der Waals surface area contributed by atoms with E-state index in [0.717, 1.165) is 19.5 Å². The zero-order chi connectivity index (χ0) is 10.3. The van der Waals surface area contributed by atoms with Crippen LogP contribution in [0.1, 0.15) is 33.6 Å². The minimum absolute atomic E-state index is 0.506. The first-order chi connectivity index (χ1) is 6.15. The fourth-order valence-electron chi connectivity index (χ4n) is 1.12. The molecule has 0 saturated heterocycles. The molecule has 0 aliphatic carbocycles. The number of hydrogen-bond donors (Lipinski definition) is 1. The molecule has 0 aromatic rings. The van der Waals surface area contributed by atoms with Crippen LogP contribution in [-0.4, -0.2) is 29.1 Å². The van der Waals surface area contributed by atoms with Crippen LogP contribution in [0, 0.1) is 0 Å². The van der Waals surface area contributed by atoms with Gasteiger partial charge in [0.15, 0.2) is 0 Å². The fourth-order valence-corrected chi connectivity index (χ4v) is 1.12. The molecule has 0 atom stereocenters. The van der Waals surface area contributed by atoms with E-state index in [1.807, 2.05) is 25.7 Å². The summed E-state index contributed by atoms with van der Waals surface area (Å²) >= 11 is 0. The Kier molecular flexibility index (Phi) is 6.02. The molecule has 0 aliphatic heterocycles. The van der Waals surface area contributed by atoms with Crippen molar-refractivity contribution < 1.29 is 9.90 Å². The average Bonchev–Trinajstić information content (AvgIpc) is 2.11. The molecule has 0 unspecified atom stereocenters. The smallest absolute Gasteiger partial charge is 0.333 e. The summed E-state index contributed by atoms with van der Waals surface area (Å²) < 4.78 is 0. The maximum absolute atomic E-state index is 10.8. The van der Waals surface area contributed by atoms with Crippen LogP contribution in [0.2, 0.25) is 0 Å². The Morgan fingerprint density at radius 3 is 2.15 bits per heavy atom. The van der Waals surface area contributed by atoms with Gasteiger partial charge in [0.05, 0.1) is 5.57 Å². The second-order valence-corrected chi connectivity index (χ2v) is 2.93. The lowest BCUT2D eigenvalue weighted by Crippen LogP contribution is -2.18. The predicted octanol–water partition coefficient (Wildman–Crippen LogP) is 2.10. The van der Waals surface area contributed by atoms with Crippen molar-refractivity contribution in [3.63, 3.8) is 0 Å². The minimum atomic E-state index is -0.797. The van der Waals surface area contributed by atoms with E-state index in [1.165, 1.54) is 0 Å². The van der Waals surface area contributed by atoms with E-state index in [4.69, 9.17) is 5.11 Å². The fraction of sp³-hybridized carbons (Fsp3) is 0.700. The molecule has 0 aliphatic rings. The van der Waals surface area contributed by atoms with Crippen molar-refractivity contribution in [3.05, 3.63) is 11.8 Å². The Labute approximate surface area is 80.0 Å². The molecule has 0 fully saturated rings. The molecule has 13 heavy (non-hydrogen) atoms. The number of carboxylic acid groups (broad SMARTS) is 1. The predicted molar refractivity (Wildman–Crippen MR) is 53.5 cm³/mol. The third-order valence-corrected chi connectivity index (χ3v) is 1.94. The van der Waals surface area contributed by atoms with Crippen molar-refractivity contribution in [2.75, 3.05) is 13.1 Å². The molecular weight excluding hydrogens is 166 g/mol. The van der Waals surface area contributed by atoms with Gasteiger partial charge in [-0.15, -0.1) is 0 Å². The highest BCUT2D eigenvalue weighted by Crippen LogP contribution is 2.06. The molecule has 0 radical (unpaired) electrons. The molecule has 76 valence electrons. The standard InChI is InChI=1S/C10H19NO2/c1-4-7-9(10(12)13)8-11(5-2)6-3/h8H,4-7H2,1-3H3,(H,12,13). The summed E-state index contributed by atoms with van der Waals surface area (Å²) in [6.45, 7) is 7.74. The molecule has 0 aromatic carbocycles. The highest BCUT2D eigenvalue weighted by Gasteiger charge is 2.06. The van der Waals surface area contributed by atoms with Gasteiger partial charge in [-0.3, -0.25) is 0 Å². The molecular formula is C10H19NO2. The van der Waals surface area contributed by atoms with Crippen LogP contribution in [0.4, 0.5) is 0 Å². The second-order valence-electron chi connectivity index (χ2n) is 2.93. The van der Waals surface area contributed by atoms with Gasteiger partial charge in [0.1, 0.15) is 0 Å². The summed E-state index contributed by atoms with van der Waals surface area (Å²) in [6, 6.07) is 0. The summed E-state index contributed by atoms with van der Waals surface area (Å²) in [7, 11) is 0. The topological polar surface area (TPSA) is 40.5 Å². The molecule has 0 rings (SSSR count). The van der Waals surface area contributed by atoms with E-state index in [1.54, 1.807) is 6.20 Å². The highest BCUT2D eigenvalue weighted by molar-refractivity contribution is 5.86. The normalized spacial score (nSPS) is 11.5. The number of carbonyl (C=O) groups is 1. The first-order valence-corrected chi connectivity index (χ1v) is 4.83. The zero-order valence-electron chi connectivity index (χ0n) is 8.71. The van der Waals surface area contributed by atoms with Crippen LogP contribution in [0.25, 0.3) is 0 Å². The first-order valence-electron chi connectivity index (χ1n) is 4.83. The van der Waals surface area contributed by atoms with E-state index in [2.05, 4.69) is 0 Å². The van der Waals surface area contributed by atoms with E-state index < -0.39 is 5.97 Å². The molecule has 3 nitrogen and oxygen atoms in total. The second kappa shape index (κ2) is 6.52. The number of rotatable bonds is 6. The van der Waals surface area contributed by atoms with E-state index in [-0.39, 0.29) is 0 Å². The van der Waals surface area contributed by atoms with Gasteiger partial charge in [0.2, 0.25) is 0 Å². The Bertz CT molecular complexity index is 183. The Morgan fingerprint density at radius 2 is 1.85 bits per heavy atom. The molecule has 0 saturated carbocycles. The van der Waals surface area contributed by atoms with Crippen molar-refractivity contribution in [2.45, 2.75) is 33.6 Å². The average molecular weight is 185 g/mol. The molecule has 0 spiro atoms. The van der Waals surface area contributed by atoms with E-state index in [0.29, 0.717) is 12.0 Å². The highest BCUT2D eigenvalue weighted by atomic mass is 16.4. The largest absolute Gasteiger partial charge is 0.478 e. The van der Waals surface area contributed by atoms with Crippen LogP contribution < -0.4 is 0 Å². The monoisotopic (exact) mass is 185 g/mol. The summed E-state index contributed by atoms with van der Waals surface area (Å²) in [5.74, 6) is -0.797. The van der Waals surface area contributed by atoms with Crippen LogP contribution >= 0.6 is 0 Å². The van der Waals surface area contributed by atoms with Crippen LogP contribution in [0.15, 0.2) is 11.8 Å². The lowest BCUT2D eigenvalue weighted by Gasteiger charge is -2.16. The SMILES string of the molecule is CCCC(=CN(CC)CC)C(=O)O. The maximum atomic E-state index is 10.8. The Hall–Kier alpha value is -0.990. The van der Waals surface area contributed by atoms with Crippen molar-refractivity contribution >= 4 is 5.97 Å². The van der Waals surface area contributed by atoms with Gasteiger partial charge < -0.3 is 10.0 Å². The van der Waals surface area contributed by atoms with Crippen LogP contribution in [0.3, 0.4) is 0 Å². The molecule has 0 heterocycles. The Balaban J connectivity index is 4.40. The van der Waals surface area contributed by atoms with Gasteiger partial charge in [0.25, 0.3) is 0 Å². The molecule has 1 N–H and O–H groups in total. The van der Waals surface area contributed by atoms with E-state index in [9.17, 15) is 4.79 Å². The van der Waals surface area contributed by atoms with Crippen molar-refractivity contribution in [3.8, 4) is 0 Å². The van der Waals surface area contributed by atoms with Crippen molar-refractivity contribution in [2.24, 2.45) is 0 Å². The summed E-state index contributed by atoms with van der Waals surface area (Å²) in [5.41, 5.74) is 0.506. The van der Waals surface area contributed by atoms with Gasteiger partial charge >= 0.3 is 5.97 Å². The third-order valence-electron chi connectivity index (χ3n) is 1.94. The van der Waals surface area contributed by atoms with Gasteiger partial charge in [-0.05, 0) is 20.3 Å². The summed E-state index contributed by atoms with van der Waals surface area (Å²) in [6.07, 6.45) is 3.27.